The van der Waals surface area contributed by atoms with Gasteiger partial charge in [0.2, 0.25) is 5.78 Å². The standard InChI is InChI=1S/C6H8O/c1-3-4-5-6(2)7/h3H2,1-2H3. The minimum absolute atomic E-state index is 0.0538. The van der Waals surface area contributed by atoms with Crippen molar-refractivity contribution in [3.63, 3.8) is 0 Å². The zero-order valence-electron chi connectivity index (χ0n) is 4.62. The average Bonchev–Trinajstić information content (AvgIpc) is 1.61. The van der Waals surface area contributed by atoms with Crippen molar-refractivity contribution in [2.24, 2.45) is 0 Å². The van der Waals surface area contributed by atoms with Gasteiger partial charge in [-0.05, 0) is 5.92 Å². The van der Waals surface area contributed by atoms with Crippen LogP contribution in [0.1, 0.15) is 20.3 Å². The molecule has 0 N–H and O–H groups in total. The summed E-state index contributed by atoms with van der Waals surface area (Å²) in [6.45, 7) is 3.37. The maximum absolute atomic E-state index is 10.0. The fourth-order valence-corrected chi connectivity index (χ4v) is 0.213. The molecule has 0 aromatic rings. The number of rotatable bonds is 0. The first-order valence-electron chi connectivity index (χ1n) is 2.26. The highest BCUT2D eigenvalue weighted by Crippen LogP contribution is 1.67. The molecule has 0 aromatic carbocycles. The Kier molecular flexibility index (Phi) is 3.04. The summed E-state index contributed by atoms with van der Waals surface area (Å²) < 4.78 is 0. The Morgan fingerprint density at radius 2 is 2.29 bits per heavy atom. The van der Waals surface area contributed by atoms with Crippen molar-refractivity contribution < 1.29 is 4.79 Å². The lowest BCUT2D eigenvalue weighted by molar-refractivity contribution is -0.111. The summed E-state index contributed by atoms with van der Waals surface area (Å²) >= 11 is 0. The van der Waals surface area contributed by atoms with Crippen LogP contribution in [-0.4, -0.2) is 5.78 Å². The van der Waals surface area contributed by atoms with E-state index in [1.807, 2.05) is 6.92 Å². The maximum Gasteiger partial charge on any atom is 0.202 e. The normalized spacial score (nSPS) is 6.57. The molecule has 0 amide bonds. The van der Waals surface area contributed by atoms with Gasteiger partial charge in [0.15, 0.2) is 0 Å². The van der Waals surface area contributed by atoms with Crippen molar-refractivity contribution in [2.45, 2.75) is 20.3 Å². The van der Waals surface area contributed by atoms with E-state index in [1.165, 1.54) is 6.92 Å². The molecule has 0 saturated heterocycles. The lowest BCUT2D eigenvalue weighted by atomic mass is 10.4. The molecule has 0 rings (SSSR count). The van der Waals surface area contributed by atoms with Crippen LogP contribution in [0.4, 0.5) is 0 Å². The number of Topliss-reactive ketones (excluding diaryl/α,β-unsaturated/α-hetero) is 1. The predicted octanol–water partition coefficient (Wildman–Crippen LogP) is 0.989. The van der Waals surface area contributed by atoms with Crippen LogP contribution in [0, 0.1) is 11.8 Å². The Morgan fingerprint density at radius 1 is 1.71 bits per heavy atom. The largest absolute Gasteiger partial charge is 0.285 e. The van der Waals surface area contributed by atoms with Crippen LogP contribution in [0.25, 0.3) is 0 Å². The monoisotopic (exact) mass is 96.1 g/mol. The van der Waals surface area contributed by atoms with Crippen LogP contribution in [0.15, 0.2) is 0 Å². The summed E-state index contributed by atoms with van der Waals surface area (Å²) in [5, 5.41) is 0. The molecule has 38 valence electrons. The van der Waals surface area contributed by atoms with Crippen molar-refractivity contribution in [1.29, 1.82) is 0 Å². The van der Waals surface area contributed by atoms with Crippen LogP contribution in [0.5, 0.6) is 0 Å². The van der Waals surface area contributed by atoms with Gasteiger partial charge in [0, 0.05) is 13.3 Å². The third-order valence-corrected chi connectivity index (χ3v) is 0.441. The van der Waals surface area contributed by atoms with E-state index >= 15 is 0 Å². The lowest BCUT2D eigenvalue weighted by Gasteiger charge is -1.67. The van der Waals surface area contributed by atoms with Gasteiger partial charge in [-0.2, -0.15) is 0 Å². The van der Waals surface area contributed by atoms with Crippen LogP contribution in [0.3, 0.4) is 0 Å². The summed E-state index contributed by atoms with van der Waals surface area (Å²) in [5.41, 5.74) is 0. The second-order valence-electron chi connectivity index (χ2n) is 1.21. The van der Waals surface area contributed by atoms with Gasteiger partial charge in [-0.15, -0.1) is 0 Å². The van der Waals surface area contributed by atoms with E-state index in [0.29, 0.717) is 0 Å². The molecule has 7 heavy (non-hydrogen) atoms. The van der Waals surface area contributed by atoms with Gasteiger partial charge in [-0.1, -0.05) is 12.8 Å². The highest BCUT2D eigenvalue weighted by molar-refractivity contribution is 5.93. The zero-order valence-corrected chi connectivity index (χ0v) is 4.62. The molecule has 0 bridgehead atoms. The minimum atomic E-state index is -0.0538. The molecule has 0 saturated carbocycles. The highest BCUT2D eigenvalue weighted by Gasteiger charge is 1.74. The van der Waals surface area contributed by atoms with E-state index in [-0.39, 0.29) is 5.78 Å². The highest BCUT2D eigenvalue weighted by atomic mass is 16.1. The van der Waals surface area contributed by atoms with E-state index in [1.54, 1.807) is 0 Å². The van der Waals surface area contributed by atoms with Gasteiger partial charge in [0.25, 0.3) is 0 Å². The molecule has 1 heteroatoms. The molecule has 0 aliphatic rings. The number of hydrogen-bond acceptors (Lipinski definition) is 1. The first kappa shape index (κ1) is 6.23. The molecule has 0 unspecified atom stereocenters. The molecule has 0 aliphatic carbocycles. The lowest BCUT2D eigenvalue weighted by Crippen LogP contribution is -1.78. The van der Waals surface area contributed by atoms with E-state index in [4.69, 9.17) is 0 Å². The molecular formula is C6H8O. The molecule has 0 spiro atoms. The third-order valence-electron chi connectivity index (χ3n) is 0.441. The van der Waals surface area contributed by atoms with Gasteiger partial charge in [0.1, 0.15) is 0 Å². The van der Waals surface area contributed by atoms with Crippen molar-refractivity contribution in [2.75, 3.05) is 0 Å². The minimum Gasteiger partial charge on any atom is -0.285 e. The second-order valence-corrected chi connectivity index (χ2v) is 1.21. The second kappa shape index (κ2) is 3.42. The SMILES string of the molecule is CCC#CC(C)=O. The van der Waals surface area contributed by atoms with Gasteiger partial charge in [-0.25, -0.2) is 0 Å². The van der Waals surface area contributed by atoms with E-state index < -0.39 is 0 Å². The molecule has 0 atom stereocenters. The number of ketones is 1. The van der Waals surface area contributed by atoms with Gasteiger partial charge < -0.3 is 0 Å². The Hall–Kier alpha value is -0.770. The summed E-state index contributed by atoms with van der Waals surface area (Å²) in [5.74, 6) is 5.00. The van der Waals surface area contributed by atoms with Crippen molar-refractivity contribution in [3.8, 4) is 11.8 Å². The Morgan fingerprint density at radius 3 is 2.43 bits per heavy atom. The number of hydrogen-bond donors (Lipinski definition) is 0. The smallest absolute Gasteiger partial charge is 0.202 e. The fraction of sp³-hybridized carbons (Fsp3) is 0.500. The van der Waals surface area contributed by atoms with Crippen LogP contribution < -0.4 is 0 Å². The Balaban J connectivity index is 3.45. The van der Waals surface area contributed by atoms with Crippen molar-refractivity contribution in [1.82, 2.24) is 0 Å². The van der Waals surface area contributed by atoms with Crippen LogP contribution >= 0.6 is 0 Å². The van der Waals surface area contributed by atoms with Crippen molar-refractivity contribution >= 4 is 5.78 Å². The van der Waals surface area contributed by atoms with Crippen LogP contribution in [0.2, 0.25) is 0 Å². The summed E-state index contributed by atoms with van der Waals surface area (Å²) in [4.78, 5) is 10.0. The predicted molar refractivity (Wildman–Crippen MR) is 28.7 cm³/mol. The van der Waals surface area contributed by atoms with E-state index in [0.717, 1.165) is 6.42 Å². The molecule has 1 nitrogen and oxygen atoms in total. The van der Waals surface area contributed by atoms with Gasteiger partial charge in [-0.3, -0.25) is 4.79 Å². The summed E-state index contributed by atoms with van der Waals surface area (Å²) in [7, 11) is 0. The number of carbonyl (C=O) groups excluding carboxylic acids is 1. The molecular weight excluding hydrogens is 88.1 g/mol. The fourth-order valence-electron chi connectivity index (χ4n) is 0.213. The maximum atomic E-state index is 10.0. The topological polar surface area (TPSA) is 17.1 Å². The van der Waals surface area contributed by atoms with Gasteiger partial charge in [0.05, 0.1) is 0 Å². The quantitative estimate of drug-likeness (QED) is 0.324. The zero-order chi connectivity index (χ0) is 5.70. The Bertz CT molecular complexity index is 114. The Labute approximate surface area is 43.7 Å². The molecule has 0 aliphatic heterocycles. The van der Waals surface area contributed by atoms with E-state index in [9.17, 15) is 4.79 Å². The summed E-state index contributed by atoms with van der Waals surface area (Å²) in [6, 6.07) is 0. The van der Waals surface area contributed by atoms with Crippen LogP contribution in [-0.2, 0) is 4.79 Å². The molecule has 0 heterocycles. The first-order valence-corrected chi connectivity index (χ1v) is 2.26. The summed E-state index contributed by atoms with van der Waals surface area (Å²) in [6.07, 6.45) is 0.763. The first-order chi connectivity index (χ1) is 3.27. The molecule has 0 fully saturated rings. The molecule has 0 radical (unpaired) electrons. The third kappa shape index (κ3) is 5.23. The average molecular weight is 96.1 g/mol. The molecule has 0 aromatic heterocycles. The van der Waals surface area contributed by atoms with Crippen molar-refractivity contribution in [3.05, 3.63) is 0 Å². The van der Waals surface area contributed by atoms with Gasteiger partial charge >= 0.3 is 0 Å². The number of carbonyl (C=O) groups is 1. The van der Waals surface area contributed by atoms with E-state index in [2.05, 4.69) is 11.8 Å².